The number of hydrogen-bond acceptors (Lipinski definition) is 6. The molecule has 4 rings (SSSR count). The van der Waals surface area contributed by atoms with E-state index in [2.05, 4.69) is 25.3 Å². The number of thiophene rings is 1. The predicted molar refractivity (Wildman–Crippen MR) is 127 cm³/mol. The van der Waals surface area contributed by atoms with Crippen LogP contribution in [0.3, 0.4) is 0 Å². The van der Waals surface area contributed by atoms with Crippen LogP contribution in [0.25, 0.3) is 11.0 Å². The molecule has 1 atom stereocenters. The number of carbonyl (C=O) groups excluding carboxylic acids is 2. The number of ketones is 1. The fraction of sp³-hybridized carbons (Fsp3) is 0.458. The lowest BCUT2D eigenvalue weighted by molar-refractivity contribution is 0.0611. The number of nitrogens with zero attached hydrogens (tertiary/aromatic N) is 2. The summed E-state index contributed by atoms with van der Waals surface area (Å²) < 4.78 is 21.8. The van der Waals surface area contributed by atoms with Crippen LogP contribution in [-0.4, -0.2) is 38.0 Å². The summed E-state index contributed by atoms with van der Waals surface area (Å²) >= 11 is 1.08. The number of aromatic nitrogens is 2. The van der Waals surface area contributed by atoms with Crippen molar-refractivity contribution in [2.24, 2.45) is 5.92 Å². The Labute approximate surface area is 192 Å². The third kappa shape index (κ3) is 4.20. The highest BCUT2D eigenvalue weighted by atomic mass is 32.2. The molecule has 1 aromatic carbocycles. The topological polar surface area (TPSA) is 78.3 Å². The lowest BCUT2D eigenvalue weighted by atomic mass is 9.94. The number of hydrogen-bond donors (Lipinski definition) is 0. The van der Waals surface area contributed by atoms with Crippen molar-refractivity contribution in [3.05, 3.63) is 41.0 Å². The van der Waals surface area contributed by atoms with Crippen molar-refractivity contribution < 1.29 is 18.5 Å². The van der Waals surface area contributed by atoms with Crippen molar-refractivity contribution in [2.45, 2.75) is 61.6 Å². The fourth-order valence-electron chi connectivity index (χ4n) is 4.10. The van der Waals surface area contributed by atoms with Gasteiger partial charge in [-0.2, -0.15) is 0 Å². The molecule has 32 heavy (non-hydrogen) atoms. The van der Waals surface area contributed by atoms with Gasteiger partial charge in [-0.3, -0.25) is 4.79 Å². The monoisotopic (exact) mass is 472 g/mol. The molecule has 0 spiro atoms. The standard InChI is InChI=1S/C24H28N2O4S2/c1-16(28)21-7-8-22(31-21)32(29,15-27)18-5-6-20-19(13-18)25-23(24(2,3)4)26(20)14-17-9-11-30-12-10-17/h5-8,13,17H,9-12,14H2,1-4H3. The average molecular weight is 473 g/mol. The van der Waals surface area contributed by atoms with Crippen molar-refractivity contribution in [1.29, 1.82) is 0 Å². The van der Waals surface area contributed by atoms with Gasteiger partial charge in [0.15, 0.2) is 11.0 Å². The Bertz CT molecular complexity index is 1310. The van der Waals surface area contributed by atoms with Gasteiger partial charge in [0, 0.05) is 30.1 Å². The summed E-state index contributed by atoms with van der Waals surface area (Å²) in [5, 5.41) is 1.77. The highest BCUT2D eigenvalue weighted by Gasteiger charge is 2.27. The zero-order valence-electron chi connectivity index (χ0n) is 18.8. The first kappa shape index (κ1) is 22.9. The summed E-state index contributed by atoms with van der Waals surface area (Å²) in [5.41, 5.74) is 1.51. The minimum atomic E-state index is -3.26. The van der Waals surface area contributed by atoms with E-state index in [9.17, 15) is 13.8 Å². The SMILES string of the molecule is CC(=O)c1ccc(S(=O)(=C=O)c2ccc3c(c2)nc(C(C)(C)C)n3CC2CCOCC2)s1. The van der Waals surface area contributed by atoms with Crippen LogP contribution in [0.4, 0.5) is 0 Å². The Morgan fingerprint density at radius 3 is 2.56 bits per heavy atom. The molecule has 6 nitrogen and oxygen atoms in total. The molecule has 1 fully saturated rings. The van der Waals surface area contributed by atoms with E-state index in [1.54, 1.807) is 29.5 Å². The van der Waals surface area contributed by atoms with Crippen molar-refractivity contribution >= 4 is 42.9 Å². The molecule has 0 bridgehead atoms. The van der Waals surface area contributed by atoms with E-state index in [4.69, 9.17) is 9.72 Å². The lowest BCUT2D eigenvalue weighted by Gasteiger charge is -2.26. The average Bonchev–Trinajstić information content (AvgIpc) is 3.39. The molecule has 0 radical (unpaired) electrons. The van der Waals surface area contributed by atoms with Crippen molar-refractivity contribution in [3.63, 3.8) is 0 Å². The van der Waals surface area contributed by atoms with E-state index in [-0.39, 0.29) is 11.2 Å². The van der Waals surface area contributed by atoms with Crippen molar-refractivity contribution in [2.75, 3.05) is 13.2 Å². The summed E-state index contributed by atoms with van der Waals surface area (Å²) in [6, 6.07) is 8.58. The first-order valence-corrected chi connectivity index (χ1v) is 13.1. The minimum absolute atomic E-state index is 0.119. The van der Waals surface area contributed by atoms with Crippen LogP contribution in [0.1, 0.15) is 56.0 Å². The van der Waals surface area contributed by atoms with Crippen LogP contribution in [0.15, 0.2) is 39.4 Å². The van der Waals surface area contributed by atoms with E-state index in [1.807, 2.05) is 6.07 Å². The largest absolute Gasteiger partial charge is 0.381 e. The molecule has 0 aliphatic carbocycles. The van der Waals surface area contributed by atoms with Gasteiger partial charge >= 0.3 is 0 Å². The van der Waals surface area contributed by atoms with Crippen LogP contribution in [0.2, 0.25) is 0 Å². The third-order valence-corrected chi connectivity index (χ3v) is 9.62. The highest BCUT2D eigenvalue weighted by Crippen LogP contribution is 2.33. The summed E-state index contributed by atoms with van der Waals surface area (Å²) in [6.45, 7) is 10.3. The molecule has 0 amide bonds. The molecular formula is C24H28N2O4S2. The molecule has 8 heteroatoms. The van der Waals surface area contributed by atoms with Crippen LogP contribution in [0.5, 0.6) is 0 Å². The number of benzene rings is 1. The fourth-order valence-corrected chi connectivity index (χ4v) is 7.07. The van der Waals surface area contributed by atoms with Gasteiger partial charge in [0.05, 0.1) is 20.1 Å². The Kier molecular flexibility index (Phi) is 6.16. The first-order chi connectivity index (χ1) is 15.1. The molecule has 0 saturated carbocycles. The molecule has 0 N–H and O–H groups in total. The number of carbonyl (C=O) groups is 1. The van der Waals surface area contributed by atoms with Gasteiger partial charge in [-0.1, -0.05) is 20.8 Å². The molecule has 1 aliphatic heterocycles. The Hall–Kier alpha value is -2.25. The van der Waals surface area contributed by atoms with Gasteiger partial charge in [-0.15, -0.1) is 11.3 Å². The third-order valence-electron chi connectivity index (χ3n) is 5.83. The lowest BCUT2D eigenvalue weighted by Crippen LogP contribution is -2.25. The van der Waals surface area contributed by atoms with Crippen molar-refractivity contribution in [3.8, 4) is 0 Å². The van der Waals surface area contributed by atoms with Crippen LogP contribution >= 0.6 is 11.3 Å². The first-order valence-electron chi connectivity index (χ1n) is 10.8. The Balaban J connectivity index is 1.82. The van der Waals surface area contributed by atoms with Gasteiger partial charge in [0.1, 0.15) is 15.3 Å². The Morgan fingerprint density at radius 2 is 1.97 bits per heavy atom. The maximum absolute atomic E-state index is 13.7. The second-order valence-electron chi connectivity index (χ2n) is 9.32. The smallest absolute Gasteiger partial charge is 0.196 e. The predicted octanol–water partition coefficient (Wildman–Crippen LogP) is 4.79. The molecule has 1 saturated heterocycles. The quantitative estimate of drug-likeness (QED) is 0.394. The van der Waals surface area contributed by atoms with Gasteiger partial charge in [-0.05, 0) is 56.0 Å². The summed E-state index contributed by atoms with van der Waals surface area (Å²) in [5.74, 6) is 1.37. The van der Waals surface area contributed by atoms with Gasteiger partial charge in [-0.25, -0.2) is 14.0 Å². The zero-order chi connectivity index (χ0) is 23.1. The van der Waals surface area contributed by atoms with E-state index in [1.165, 1.54) is 6.92 Å². The number of fused-ring (bicyclic) bond motifs is 1. The number of Topliss-reactive ketones (excluding diaryl/α,β-unsaturated/α-hetero) is 1. The highest BCUT2D eigenvalue weighted by molar-refractivity contribution is 8.02. The van der Waals surface area contributed by atoms with Crippen LogP contribution < -0.4 is 0 Å². The maximum atomic E-state index is 13.7. The zero-order valence-corrected chi connectivity index (χ0v) is 20.5. The summed E-state index contributed by atoms with van der Waals surface area (Å²) in [6.07, 6.45) is 2.04. The van der Waals surface area contributed by atoms with E-state index < -0.39 is 9.52 Å². The van der Waals surface area contributed by atoms with Crippen LogP contribution in [-0.2, 0) is 31.0 Å². The van der Waals surface area contributed by atoms with Gasteiger partial charge in [0.25, 0.3) is 0 Å². The molecule has 1 unspecified atom stereocenters. The molecule has 2 aromatic heterocycles. The molecule has 3 aromatic rings. The number of imidazole rings is 1. The molecule has 3 heterocycles. The van der Waals surface area contributed by atoms with Gasteiger partial charge < -0.3 is 9.30 Å². The summed E-state index contributed by atoms with van der Waals surface area (Å²) in [4.78, 5) is 29.4. The van der Waals surface area contributed by atoms with E-state index in [0.29, 0.717) is 25.4 Å². The maximum Gasteiger partial charge on any atom is 0.196 e. The van der Waals surface area contributed by atoms with E-state index >= 15 is 0 Å². The number of ether oxygens (including phenoxy) is 1. The molecular weight excluding hydrogens is 444 g/mol. The molecule has 170 valence electrons. The normalized spacial score (nSPS) is 17.2. The second-order valence-corrected chi connectivity index (χ2v) is 12.8. The Morgan fingerprint density at radius 1 is 1.25 bits per heavy atom. The number of rotatable bonds is 5. The minimum Gasteiger partial charge on any atom is -0.381 e. The summed E-state index contributed by atoms with van der Waals surface area (Å²) in [7, 11) is -3.26. The second kappa shape index (κ2) is 8.60. The molecule has 1 aliphatic rings. The van der Waals surface area contributed by atoms with Crippen LogP contribution in [0, 0.1) is 5.92 Å². The van der Waals surface area contributed by atoms with E-state index in [0.717, 1.165) is 55.3 Å². The van der Waals surface area contributed by atoms with Crippen molar-refractivity contribution in [1.82, 2.24) is 9.55 Å². The van der Waals surface area contributed by atoms with Gasteiger partial charge in [0.2, 0.25) is 0 Å².